The summed E-state index contributed by atoms with van der Waals surface area (Å²) in [5.74, 6) is 0. The van der Waals surface area contributed by atoms with Crippen molar-refractivity contribution in [2.75, 3.05) is 6.54 Å². The minimum Gasteiger partial charge on any atom is -0.307 e. The third-order valence-electron chi connectivity index (χ3n) is 0.865. The topological polar surface area (TPSA) is 21.9 Å². The first-order valence-corrected chi connectivity index (χ1v) is 2.29. The molecule has 1 atom stereocenters. The van der Waals surface area contributed by atoms with E-state index in [2.05, 4.69) is 17.5 Å². The predicted octanol–water partition coefficient (Wildman–Crippen LogP) is 0.534. The highest BCUT2D eigenvalue weighted by Crippen LogP contribution is 1.95. The van der Waals surface area contributed by atoms with Crippen molar-refractivity contribution in [3.63, 3.8) is 0 Å². The van der Waals surface area contributed by atoms with Crippen LogP contribution in [0.2, 0.25) is 0 Å². The maximum absolute atomic E-state index is 3.15. The maximum atomic E-state index is 3.15. The van der Waals surface area contributed by atoms with Gasteiger partial charge in [0.1, 0.15) is 0 Å². The van der Waals surface area contributed by atoms with Gasteiger partial charge in [-0.2, -0.15) is 0 Å². The molecule has 0 saturated carbocycles. The Balaban J connectivity index is 2.15. The Morgan fingerprint density at radius 3 is 2.67 bits per heavy atom. The second-order valence-electron chi connectivity index (χ2n) is 1.54. The second-order valence-corrected chi connectivity index (χ2v) is 1.54. The molecule has 1 saturated heterocycles. The van der Waals surface area contributed by atoms with Gasteiger partial charge in [-0.25, -0.2) is 0 Å². The molecule has 1 aliphatic rings. The van der Waals surface area contributed by atoms with Crippen LogP contribution in [0.5, 0.6) is 0 Å². The molecule has 0 aliphatic carbocycles. The summed E-state index contributed by atoms with van der Waals surface area (Å²) in [7, 11) is 0. The Morgan fingerprint density at radius 1 is 1.83 bits per heavy atom. The predicted molar refractivity (Wildman–Crippen MR) is 26.6 cm³/mol. The minimum atomic E-state index is 0.718. The van der Waals surface area contributed by atoms with Crippen molar-refractivity contribution in [2.45, 2.75) is 13.0 Å². The first-order chi connectivity index (χ1) is 2.93. The van der Waals surface area contributed by atoms with Gasteiger partial charge in [-0.1, -0.05) is 12.2 Å². The molecule has 1 rings (SSSR count). The van der Waals surface area contributed by atoms with Gasteiger partial charge < -0.3 is 5.32 Å². The molecule has 1 fully saturated rings. The van der Waals surface area contributed by atoms with E-state index in [4.69, 9.17) is 0 Å². The van der Waals surface area contributed by atoms with Crippen molar-refractivity contribution in [2.24, 2.45) is 0 Å². The van der Waals surface area contributed by atoms with Gasteiger partial charge in [-0.3, -0.25) is 0 Å². The summed E-state index contributed by atoms with van der Waals surface area (Å²) in [4.78, 5) is 0. The molecule has 6 heavy (non-hydrogen) atoms. The van der Waals surface area contributed by atoms with E-state index in [9.17, 15) is 0 Å². The molecule has 0 amide bonds. The fourth-order valence-corrected chi connectivity index (χ4v) is 0.436. The Morgan fingerprint density at radius 2 is 2.50 bits per heavy atom. The van der Waals surface area contributed by atoms with Gasteiger partial charge in [0.05, 0.1) is 0 Å². The third kappa shape index (κ3) is 0.830. The van der Waals surface area contributed by atoms with Crippen LogP contribution in [0.25, 0.3) is 0 Å². The SMILES string of the molecule is C/C=C/C1CN1. The second kappa shape index (κ2) is 1.43. The van der Waals surface area contributed by atoms with E-state index < -0.39 is 0 Å². The Bertz CT molecular complexity index is 62.3. The van der Waals surface area contributed by atoms with Crippen molar-refractivity contribution in [1.29, 1.82) is 0 Å². The number of allylic oxidation sites excluding steroid dienone is 1. The first kappa shape index (κ1) is 3.88. The molecular formula is C5H9N. The number of rotatable bonds is 1. The lowest BCUT2D eigenvalue weighted by Gasteiger charge is -1.68. The van der Waals surface area contributed by atoms with Gasteiger partial charge in [0.15, 0.2) is 0 Å². The highest BCUT2D eigenvalue weighted by molar-refractivity contribution is 5.01. The number of nitrogens with one attached hydrogen (secondary N) is 1. The van der Waals surface area contributed by atoms with Crippen molar-refractivity contribution >= 4 is 0 Å². The van der Waals surface area contributed by atoms with Crippen molar-refractivity contribution < 1.29 is 0 Å². The van der Waals surface area contributed by atoms with E-state index in [-0.39, 0.29) is 0 Å². The molecular weight excluding hydrogens is 74.1 g/mol. The zero-order chi connectivity index (χ0) is 4.41. The summed E-state index contributed by atoms with van der Waals surface area (Å²) < 4.78 is 0. The average molecular weight is 83.1 g/mol. The van der Waals surface area contributed by atoms with Gasteiger partial charge in [0.2, 0.25) is 0 Å². The minimum absolute atomic E-state index is 0.718. The van der Waals surface area contributed by atoms with Crippen molar-refractivity contribution in [3.05, 3.63) is 12.2 Å². The smallest absolute Gasteiger partial charge is 0.0376 e. The van der Waals surface area contributed by atoms with Gasteiger partial charge in [-0.15, -0.1) is 0 Å². The number of hydrogen-bond acceptors (Lipinski definition) is 1. The Kier molecular flexibility index (Phi) is 0.926. The van der Waals surface area contributed by atoms with Crippen LogP contribution in [0.1, 0.15) is 6.92 Å². The van der Waals surface area contributed by atoms with Crippen LogP contribution in [0.3, 0.4) is 0 Å². The molecule has 1 N–H and O–H groups in total. The summed E-state index contributed by atoms with van der Waals surface area (Å²) in [6.07, 6.45) is 4.24. The summed E-state index contributed by atoms with van der Waals surface area (Å²) in [5.41, 5.74) is 0. The van der Waals surface area contributed by atoms with Crippen molar-refractivity contribution in [3.8, 4) is 0 Å². The van der Waals surface area contributed by atoms with Gasteiger partial charge in [0, 0.05) is 12.6 Å². The lowest BCUT2D eigenvalue weighted by atomic mass is 10.4. The molecule has 0 aromatic rings. The molecule has 1 heteroatoms. The molecule has 1 aliphatic heterocycles. The molecule has 0 aromatic carbocycles. The molecule has 1 heterocycles. The standard InChI is InChI=1S/C5H9N/c1-2-3-5-4-6-5/h2-3,5-6H,4H2,1H3/b3-2+. The quantitative estimate of drug-likeness (QED) is 0.362. The molecule has 1 unspecified atom stereocenters. The summed E-state index contributed by atoms with van der Waals surface area (Å²) >= 11 is 0. The lowest BCUT2D eigenvalue weighted by Crippen LogP contribution is -1.78. The van der Waals surface area contributed by atoms with Crippen LogP contribution in [0.15, 0.2) is 12.2 Å². The average Bonchev–Trinajstić information content (AvgIpc) is 2.21. The summed E-state index contributed by atoms with van der Waals surface area (Å²) in [6, 6.07) is 0.718. The van der Waals surface area contributed by atoms with E-state index in [0.717, 1.165) is 6.04 Å². The zero-order valence-corrected chi connectivity index (χ0v) is 3.94. The van der Waals surface area contributed by atoms with Gasteiger partial charge in [0.25, 0.3) is 0 Å². The highest BCUT2D eigenvalue weighted by atomic mass is 15.1. The largest absolute Gasteiger partial charge is 0.307 e. The van der Waals surface area contributed by atoms with Crippen LogP contribution in [0.4, 0.5) is 0 Å². The molecule has 0 spiro atoms. The fraction of sp³-hybridized carbons (Fsp3) is 0.600. The van der Waals surface area contributed by atoms with E-state index in [1.807, 2.05) is 6.92 Å². The summed E-state index contributed by atoms with van der Waals surface area (Å²) in [6.45, 7) is 3.23. The van der Waals surface area contributed by atoms with Crippen molar-refractivity contribution in [1.82, 2.24) is 5.32 Å². The molecule has 0 aromatic heterocycles. The first-order valence-electron chi connectivity index (χ1n) is 2.29. The van der Waals surface area contributed by atoms with E-state index in [1.54, 1.807) is 0 Å². The molecule has 1 nitrogen and oxygen atoms in total. The molecule has 34 valence electrons. The van der Waals surface area contributed by atoms with Crippen LogP contribution in [0, 0.1) is 0 Å². The summed E-state index contributed by atoms with van der Waals surface area (Å²) in [5, 5.41) is 3.15. The normalized spacial score (nSPS) is 31.8. The molecule has 0 bridgehead atoms. The van der Waals surface area contributed by atoms with Gasteiger partial charge >= 0.3 is 0 Å². The van der Waals surface area contributed by atoms with Crippen LogP contribution < -0.4 is 5.32 Å². The molecule has 0 radical (unpaired) electrons. The van der Waals surface area contributed by atoms with Crippen LogP contribution in [-0.2, 0) is 0 Å². The monoisotopic (exact) mass is 83.1 g/mol. The third-order valence-corrected chi connectivity index (χ3v) is 0.865. The van der Waals surface area contributed by atoms with E-state index in [0.29, 0.717) is 0 Å². The Labute approximate surface area is 38.1 Å². The maximum Gasteiger partial charge on any atom is 0.0376 e. The fourth-order valence-electron chi connectivity index (χ4n) is 0.436. The van der Waals surface area contributed by atoms with Crippen LogP contribution in [-0.4, -0.2) is 12.6 Å². The highest BCUT2D eigenvalue weighted by Gasteiger charge is 2.13. The van der Waals surface area contributed by atoms with E-state index >= 15 is 0 Å². The van der Waals surface area contributed by atoms with Gasteiger partial charge in [-0.05, 0) is 6.92 Å². The Hall–Kier alpha value is -0.300. The lowest BCUT2D eigenvalue weighted by molar-refractivity contribution is 1.20. The number of hydrogen-bond donors (Lipinski definition) is 1. The zero-order valence-electron chi connectivity index (χ0n) is 3.94. The van der Waals surface area contributed by atoms with E-state index in [1.165, 1.54) is 6.54 Å². The van der Waals surface area contributed by atoms with Crippen LogP contribution >= 0.6 is 0 Å².